The number of hydrogen-bond donors (Lipinski definition) is 0. The maximum Gasteiger partial charge on any atom is 0.299 e. The highest BCUT2D eigenvalue weighted by Gasteiger charge is 2.30. The van der Waals surface area contributed by atoms with Crippen LogP contribution in [-0.4, -0.2) is 46.8 Å². The van der Waals surface area contributed by atoms with Gasteiger partial charge in [-0.15, -0.1) is 0 Å². The summed E-state index contributed by atoms with van der Waals surface area (Å²) in [6.45, 7) is 6.24. The molecule has 1 aliphatic heterocycles. The maximum absolute atomic E-state index is 12.4. The number of nitro groups is 2. The zero-order chi connectivity index (χ0) is 18.6. The van der Waals surface area contributed by atoms with Gasteiger partial charge in [-0.2, -0.15) is 0 Å². The van der Waals surface area contributed by atoms with Crippen LogP contribution in [-0.2, 0) is 4.79 Å². The van der Waals surface area contributed by atoms with Crippen LogP contribution < -0.4 is 4.90 Å². The molecule has 9 heteroatoms. The van der Waals surface area contributed by atoms with Gasteiger partial charge in [-0.25, -0.2) is 0 Å². The topological polar surface area (TPSA) is 110 Å². The van der Waals surface area contributed by atoms with Crippen LogP contribution in [0.5, 0.6) is 0 Å². The minimum atomic E-state index is -0.647. The Morgan fingerprint density at radius 1 is 1.16 bits per heavy atom. The van der Waals surface area contributed by atoms with Crippen molar-refractivity contribution in [2.45, 2.75) is 26.7 Å². The van der Waals surface area contributed by atoms with Gasteiger partial charge in [0, 0.05) is 38.2 Å². The molecule has 2 rings (SSSR count). The average molecular weight is 350 g/mol. The van der Waals surface area contributed by atoms with Gasteiger partial charge in [0.2, 0.25) is 5.91 Å². The third-order valence-corrected chi connectivity index (χ3v) is 4.63. The molecule has 1 aromatic carbocycles. The molecule has 0 N–H and O–H groups in total. The van der Waals surface area contributed by atoms with Crippen LogP contribution in [0, 0.1) is 26.1 Å². The zero-order valence-corrected chi connectivity index (χ0v) is 14.4. The Balaban J connectivity index is 2.14. The SMILES string of the molecule is CCN(CC)C(=O)C1CCN(c2ccc([N+](=O)[O-])cc2[N+](=O)[O-])CC1. The quantitative estimate of drug-likeness (QED) is 0.576. The predicted octanol–water partition coefficient (Wildman–Crippen LogP) is 2.59. The number of rotatable bonds is 6. The van der Waals surface area contributed by atoms with Gasteiger partial charge in [0.05, 0.1) is 15.9 Å². The Kier molecular flexibility index (Phi) is 5.89. The largest absolute Gasteiger partial charge is 0.366 e. The van der Waals surface area contributed by atoms with Crippen molar-refractivity contribution in [1.82, 2.24) is 4.90 Å². The third-order valence-electron chi connectivity index (χ3n) is 4.63. The summed E-state index contributed by atoms with van der Waals surface area (Å²) in [6.07, 6.45) is 1.23. The Labute approximate surface area is 145 Å². The van der Waals surface area contributed by atoms with Crippen molar-refractivity contribution in [3.05, 3.63) is 38.4 Å². The number of benzene rings is 1. The van der Waals surface area contributed by atoms with Crippen LogP contribution in [0.1, 0.15) is 26.7 Å². The maximum atomic E-state index is 12.4. The summed E-state index contributed by atoms with van der Waals surface area (Å²) in [5.41, 5.74) is -0.214. The molecule has 1 aliphatic rings. The van der Waals surface area contributed by atoms with Crippen LogP contribution in [0.3, 0.4) is 0 Å². The molecular weight excluding hydrogens is 328 g/mol. The molecule has 0 spiro atoms. The molecular formula is C16H22N4O5. The minimum Gasteiger partial charge on any atom is -0.366 e. The van der Waals surface area contributed by atoms with Gasteiger partial charge in [-0.1, -0.05) is 0 Å². The molecule has 1 fully saturated rings. The lowest BCUT2D eigenvalue weighted by Crippen LogP contribution is -2.42. The number of nitro benzene ring substituents is 2. The summed E-state index contributed by atoms with van der Waals surface area (Å²) < 4.78 is 0. The summed E-state index contributed by atoms with van der Waals surface area (Å²) in [5, 5.41) is 22.1. The van der Waals surface area contributed by atoms with Crippen LogP contribution >= 0.6 is 0 Å². The Hall–Kier alpha value is -2.71. The van der Waals surface area contributed by atoms with Crippen LogP contribution in [0.2, 0.25) is 0 Å². The van der Waals surface area contributed by atoms with Crippen LogP contribution in [0.15, 0.2) is 18.2 Å². The molecule has 1 amide bonds. The van der Waals surface area contributed by atoms with Crippen molar-refractivity contribution in [2.75, 3.05) is 31.1 Å². The van der Waals surface area contributed by atoms with E-state index in [1.54, 1.807) is 4.90 Å². The van der Waals surface area contributed by atoms with E-state index in [1.165, 1.54) is 12.1 Å². The second kappa shape index (κ2) is 7.91. The fourth-order valence-corrected chi connectivity index (χ4v) is 3.20. The lowest BCUT2D eigenvalue weighted by atomic mass is 9.94. The van der Waals surface area contributed by atoms with Crippen molar-refractivity contribution in [3.8, 4) is 0 Å². The van der Waals surface area contributed by atoms with Gasteiger partial charge in [0.15, 0.2) is 0 Å². The number of anilines is 1. The average Bonchev–Trinajstić information content (AvgIpc) is 2.62. The van der Waals surface area contributed by atoms with E-state index < -0.39 is 9.85 Å². The summed E-state index contributed by atoms with van der Waals surface area (Å²) >= 11 is 0. The second-order valence-electron chi connectivity index (χ2n) is 5.96. The van der Waals surface area contributed by atoms with Gasteiger partial charge in [0.25, 0.3) is 11.4 Å². The van der Waals surface area contributed by atoms with Crippen molar-refractivity contribution >= 4 is 23.0 Å². The fraction of sp³-hybridized carbons (Fsp3) is 0.562. The number of piperidine rings is 1. The second-order valence-corrected chi connectivity index (χ2v) is 5.96. The molecule has 136 valence electrons. The molecule has 25 heavy (non-hydrogen) atoms. The first-order chi connectivity index (χ1) is 11.9. The molecule has 1 saturated heterocycles. The first kappa shape index (κ1) is 18.6. The zero-order valence-electron chi connectivity index (χ0n) is 14.4. The highest BCUT2D eigenvalue weighted by molar-refractivity contribution is 5.79. The summed E-state index contributed by atoms with van der Waals surface area (Å²) in [7, 11) is 0. The van der Waals surface area contributed by atoms with E-state index in [4.69, 9.17) is 0 Å². The van der Waals surface area contributed by atoms with E-state index in [1.807, 2.05) is 18.7 Å². The van der Waals surface area contributed by atoms with E-state index >= 15 is 0 Å². The molecule has 1 heterocycles. The van der Waals surface area contributed by atoms with Gasteiger partial charge in [-0.05, 0) is 32.8 Å². The molecule has 0 bridgehead atoms. The first-order valence-electron chi connectivity index (χ1n) is 8.35. The molecule has 0 aromatic heterocycles. The molecule has 9 nitrogen and oxygen atoms in total. The van der Waals surface area contributed by atoms with Gasteiger partial charge in [-0.3, -0.25) is 25.0 Å². The smallest absolute Gasteiger partial charge is 0.299 e. The molecule has 0 radical (unpaired) electrons. The normalized spacial score (nSPS) is 15.0. The van der Waals surface area contributed by atoms with E-state index in [0.29, 0.717) is 44.7 Å². The number of non-ortho nitro benzene ring substituents is 1. The Morgan fingerprint density at radius 3 is 2.24 bits per heavy atom. The molecule has 0 atom stereocenters. The molecule has 0 saturated carbocycles. The number of carbonyl (C=O) groups is 1. The summed E-state index contributed by atoms with van der Waals surface area (Å²) in [6, 6.07) is 3.68. The van der Waals surface area contributed by atoms with Gasteiger partial charge in [0.1, 0.15) is 5.69 Å². The van der Waals surface area contributed by atoms with E-state index in [0.717, 1.165) is 6.07 Å². The standard InChI is InChI=1S/C16H22N4O5/c1-3-17(4-2)16(21)12-7-9-18(10-8-12)14-6-5-13(19(22)23)11-15(14)20(24)25/h5-6,11-12H,3-4,7-10H2,1-2H3. The lowest BCUT2D eigenvalue weighted by Gasteiger charge is -2.34. The Morgan fingerprint density at radius 2 is 1.76 bits per heavy atom. The van der Waals surface area contributed by atoms with Crippen molar-refractivity contribution in [2.24, 2.45) is 5.92 Å². The number of hydrogen-bond acceptors (Lipinski definition) is 6. The minimum absolute atomic E-state index is 0.0757. The van der Waals surface area contributed by atoms with Crippen molar-refractivity contribution in [1.29, 1.82) is 0 Å². The fourth-order valence-electron chi connectivity index (χ4n) is 3.20. The number of amides is 1. The molecule has 0 aliphatic carbocycles. The van der Waals surface area contributed by atoms with Crippen LogP contribution in [0.25, 0.3) is 0 Å². The van der Waals surface area contributed by atoms with E-state index in [9.17, 15) is 25.0 Å². The highest BCUT2D eigenvalue weighted by Crippen LogP contribution is 2.34. The Bertz CT molecular complexity index is 666. The first-order valence-corrected chi connectivity index (χ1v) is 8.35. The van der Waals surface area contributed by atoms with Crippen molar-refractivity contribution in [3.63, 3.8) is 0 Å². The third kappa shape index (κ3) is 4.04. The van der Waals surface area contributed by atoms with Crippen molar-refractivity contribution < 1.29 is 14.6 Å². The monoisotopic (exact) mass is 350 g/mol. The van der Waals surface area contributed by atoms with Gasteiger partial charge >= 0.3 is 0 Å². The summed E-state index contributed by atoms with van der Waals surface area (Å²) in [4.78, 5) is 36.9. The highest BCUT2D eigenvalue weighted by atomic mass is 16.6. The lowest BCUT2D eigenvalue weighted by molar-refractivity contribution is -0.393. The van der Waals surface area contributed by atoms with Crippen LogP contribution in [0.4, 0.5) is 17.1 Å². The van der Waals surface area contributed by atoms with Gasteiger partial charge < -0.3 is 9.80 Å². The number of nitrogens with zero attached hydrogens (tertiary/aromatic N) is 4. The molecule has 1 aromatic rings. The predicted molar refractivity (Wildman–Crippen MR) is 92.6 cm³/mol. The van der Waals surface area contributed by atoms with E-state index in [-0.39, 0.29) is 23.2 Å². The summed E-state index contributed by atoms with van der Waals surface area (Å²) in [5.74, 6) is 0.0519. The number of carbonyl (C=O) groups excluding carboxylic acids is 1. The molecule has 0 unspecified atom stereocenters. The van der Waals surface area contributed by atoms with E-state index in [2.05, 4.69) is 0 Å².